The molecule has 0 saturated carbocycles. The summed E-state index contributed by atoms with van der Waals surface area (Å²) < 4.78 is 1.36. The van der Waals surface area contributed by atoms with Crippen LogP contribution in [0.1, 0.15) is 25.5 Å². The number of carbonyl (C=O) groups is 1. The Morgan fingerprint density at radius 2 is 2.28 bits per heavy atom. The van der Waals surface area contributed by atoms with Crippen molar-refractivity contribution in [3.63, 3.8) is 0 Å². The van der Waals surface area contributed by atoms with E-state index in [1.807, 2.05) is 6.92 Å². The van der Waals surface area contributed by atoms with Crippen LogP contribution in [0.15, 0.2) is 0 Å². The number of hydrogen-bond acceptors (Lipinski definition) is 5. The minimum absolute atomic E-state index is 0.0993. The molecule has 0 radical (unpaired) electrons. The molecule has 18 heavy (non-hydrogen) atoms. The zero-order valence-electron chi connectivity index (χ0n) is 10.5. The number of carboxylic acids is 1. The number of nitrogens with one attached hydrogen (secondary N) is 1. The van der Waals surface area contributed by atoms with E-state index in [1.54, 1.807) is 14.0 Å². The van der Waals surface area contributed by atoms with Crippen LogP contribution in [0.5, 0.6) is 0 Å². The highest BCUT2D eigenvalue weighted by molar-refractivity contribution is 5.69. The van der Waals surface area contributed by atoms with Crippen molar-refractivity contribution in [2.45, 2.75) is 32.7 Å². The third-order valence-corrected chi connectivity index (χ3v) is 2.63. The third kappa shape index (κ3) is 2.96. The molecule has 0 fully saturated rings. The Morgan fingerprint density at radius 3 is 2.72 bits per heavy atom. The molecule has 1 rings (SSSR count). The molecule has 0 bridgehead atoms. The van der Waals surface area contributed by atoms with Crippen LogP contribution >= 0.6 is 0 Å². The molecule has 0 spiro atoms. The SMILES string of the molecule is CCC(CC(=O)O)Nc1c([N+](=O)[O-])c(C)nn1C. The molecule has 0 saturated heterocycles. The van der Waals surface area contributed by atoms with Crippen LogP contribution in [0.25, 0.3) is 0 Å². The quantitative estimate of drug-likeness (QED) is 0.586. The van der Waals surface area contributed by atoms with E-state index in [2.05, 4.69) is 10.4 Å². The van der Waals surface area contributed by atoms with Crippen molar-refractivity contribution < 1.29 is 14.8 Å². The first kappa shape index (κ1) is 13.9. The van der Waals surface area contributed by atoms with Crippen LogP contribution in [-0.4, -0.2) is 31.8 Å². The fourth-order valence-corrected chi connectivity index (χ4v) is 1.73. The number of hydrogen-bond donors (Lipinski definition) is 2. The first-order valence-corrected chi connectivity index (χ1v) is 5.53. The Balaban J connectivity index is 3.02. The lowest BCUT2D eigenvalue weighted by Crippen LogP contribution is -2.24. The van der Waals surface area contributed by atoms with Gasteiger partial charge in [0.25, 0.3) is 0 Å². The summed E-state index contributed by atoms with van der Waals surface area (Å²) >= 11 is 0. The van der Waals surface area contributed by atoms with E-state index in [0.717, 1.165) is 0 Å². The minimum atomic E-state index is -0.948. The first-order chi connectivity index (χ1) is 8.36. The molecule has 1 atom stereocenters. The molecule has 0 aromatic carbocycles. The molecular formula is C10H16N4O4. The van der Waals surface area contributed by atoms with E-state index in [0.29, 0.717) is 12.1 Å². The lowest BCUT2D eigenvalue weighted by molar-refractivity contribution is -0.384. The Labute approximate surface area is 104 Å². The van der Waals surface area contributed by atoms with Crippen LogP contribution < -0.4 is 5.32 Å². The second-order valence-corrected chi connectivity index (χ2v) is 4.01. The fourth-order valence-electron chi connectivity index (χ4n) is 1.73. The van der Waals surface area contributed by atoms with Gasteiger partial charge in [0, 0.05) is 13.1 Å². The summed E-state index contributed by atoms with van der Waals surface area (Å²) in [6, 6.07) is -0.365. The molecule has 8 heteroatoms. The number of anilines is 1. The van der Waals surface area contributed by atoms with Crippen molar-refractivity contribution in [1.29, 1.82) is 0 Å². The molecule has 0 aliphatic rings. The normalized spacial score (nSPS) is 12.2. The highest BCUT2D eigenvalue weighted by Crippen LogP contribution is 2.28. The second-order valence-electron chi connectivity index (χ2n) is 4.01. The summed E-state index contributed by atoms with van der Waals surface area (Å²) in [5, 5.41) is 26.5. The van der Waals surface area contributed by atoms with Gasteiger partial charge >= 0.3 is 11.7 Å². The summed E-state index contributed by atoms with van der Waals surface area (Å²) in [7, 11) is 1.58. The molecule has 1 heterocycles. The molecule has 0 aliphatic carbocycles. The van der Waals surface area contributed by atoms with Gasteiger partial charge in [0.1, 0.15) is 5.69 Å². The summed E-state index contributed by atoms with van der Waals surface area (Å²) in [4.78, 5) is 21.1. The standard InChI is InChI=1S/C10H16N4O4/c1-4-7(5-8(15)16)11-10-9(14(17)18)6(2)12-13(10)3/h7,11H,4-5H2,1-3H3,(H,15,16). The molecule has 1 aromatic rings. The largest absolute Gasteiger partial charge is 0.481 e. The van der Waals surface area contributed by atoms with Gasteiger partial charge in [0.15, 0.2) is 0 Å². The Hall–Kier alpha value is -2.12. The van der Waals surface area contributed by atoms with Crippen LogP contribution in [0, 0.1) is 17.0 Å². The summed E-state index contributed by atoms with van der Waals surface area (Å²) in [5.41, 5.74) is 0.191. The number of aromatic nitrogens is 2. The molecule has 100 valence electrons. The van der Waals surface area contributed by atoms with Gasteiger partial charge in [-0.1, -0.05) is 6.92 Å². The van der Waals surface area contributed by atoms with Crippen molar-refractivity contribution in [2.75, 3.05) is 5.32 Å². The van der Waals surface area contributed by atoms with Gasteiger partial charge in [0.05, 0.1) is 11.3 Å². The van der Waals surface area contributed by atoms with E-state index in [9.17, 15) is 14.9 Å². The van der Waals surface area contributed by atoms with Gasteiger partial charge in [0.2, 0.25) is 5.82 Å². The molecule has 8 nitrogen and oxygen atoms in total. The van der Waals surface area contributed by atoms with Crippen molar-refractivity contribution in [3.05, 3.63) is 15.8 Å². The Kier molecular flexibility index (Phi) is 4.24. The molecule has 1 aromatic heterocycles. The van der Waals surface area contributed by atoms with E-state index in [4.69, 9.17) is 5.11 Å². The molecule has 2 N–H and O–H groups in total. The maximum absolute atomic E-state index is 10.9. The van der Waals surface area contributed by atoms with E-state index in [-0.39, 0.29) is 24.0 Å². The molecular weight excluding hydrogens is 240 g/mol. The van der Waals surface area contributed by atoms with Crippen molar-refractivity contribution in [1.82, 2.24) is 9.78 Å². The smallest absolute Gasteiger partial charge is 0.333 e. The van der Waals surface area contributed by atoms with Crippen LogP contribution in [0.2, 0.25) is 0 Å². The minimum Gasteiger partial charge on any atom is -0.481 e. The van der Waals surface area contributed by atoms with Gasteiger partial charge in [-0.15, -0.1) is 0 Å². The van der Waals surface area contributed by atoms with Crippen LogP contribution in [0.3, 0.4) is 0 Å². The van der Waals surface area contributed by atoms with Crippen LogP contribution in [0.4, 0.5) is 11.5 Å². The predicted octanol–water partition coefficient (Wildman–Crippen LogP) is 1.30. The maximum atomic E-state index is 10.9. The maximum Gasteiger partial charge on any atom is 0.333 e. The highest BCUT2D eigenvalue weighted by atomic mass is 16.6. The monoisotopic (exact) mass is 256 g/mol. The average molecular weight is 256 g/mol. The lowest BCUT2D eigenvalue weighted by atomic mass is 10.1. The highest BCUT2D eigenvalue weighted by Gasteiger charge is 2.26. The fraction of sp³-hybridized carbons (Fsp3) is 0.600. The third-order valence-electron chi connectivity index (χ3n) is 2.63. The van der Waals surface area contributed by atoms with Gasteiger partial charge < -0.3 is 10.4 Å². The van der Waals surface area contributed by atoms with Crippen LogP contribution in [-0.2, 0) is 11.8 Å². The van der Waals surface area contributed by atoms with E-state index >= 15 is 0 Å². The summed E-state index contributed by atoms with van der Waals surface area (Å²) in [5.74, 6) is -0.707. The predicted molar refractivity (Wildman–Crippen MR) is 64.6 cm³/mol. The average Bonchev–Trinajstić information content (AvgIpc) is 2.52. The van der Waals surface area contributed by atoms with Gasteiger partial charge in [-0.25, -0.2) is 4.68 Å². The van der Waals surface area contributed by atoms with Gasteiger partial charge in [-0.3, -0.25) is 14.9 Å². The number of rotatable bonds is 6. The summed E-state index contributed by atoms with van der Waals surface area (Å²) in [6.07, 6.45) is 0.450. The zero-order chi connectivity index (χ0) is 13.9. The van der Waals surface area contributed by atoms with E-state index < -0.39 is 10.9 Å². The van der Waals surface area contributed by atoms with Crippen molar-refractivity contribution in [3.8, 4) is 0 Å². The number of aliphatic carboxylic acids is 1. The van der Waals surface area contributed by atoms with Gasteiger partial charge in [-0.2, -0.15) is 5.10 Å². The first-order valence-electron chi connectivity index (χ1n) is 5.53. The molecule has 0 amide bonds. The Morgan fingerprint density at radius 1 is 1.67 bits per heavy atom. The number of aryl methyl sites for hydroxylation is 2. The number of carboxylic acid groups (broad SMARTS) is 1. The molecule has 0 aliphatic heterocycles. The van der Waals surface area contributed by atoms with E-state index in [1.165, 1.54) is 4.68 Å². The molecule has 1 unspecified atom stereocenters. The topological polar surface area (TPSA) is 110 Å². The van der Waals surface area contributed by atoms with Crippen molar-refractivity contribution >= 4 is 17.5 Å². The second kappa shape index (κ2) is 5.48. The van der Waals surface area contributed by atoms with Crippen molar-refractivity contribution in [2.24, 2.45) is 7.05 Å². The van der Waals surface area contributed by atoms with Gasteiger partial charge in [-0.05, 0) is 13.3 Å². The number of nitro groups is 1. The Bertz CT molecular complexity index is 469. The summed E-state index contributed by atoms with van der Waals surface area (Å²) in [6.45, 7) is 3.36. The number of nitrogens with zero attached hydrogens (tertiary/aromatic N) is 3. The lowest BCUT2D eigenvalue weighted by Gasteiger charge is -2.15. The zero-order valence-corrected chi connectivity index (χ0v) is 10.5.